The summed E-state index contributed by atoms with van der Waals surface area (Å²) in [5.41, 5.74) is 0.233. The van der Waals surface area contributed by atoms with E-state index >= 15 is 0 Å². The van der Waals surface area contributed by atoms with Crippen LogP contribution in [0.5, 0.6) is 0 Å². The molecule has 0 unspecified atom stereocenters. The van der Waals surface area contributed by atoms with Crippen molar-refractivity contribution in [3.63, 3.8) is 0 Å². The Bertz CT molecular complexity index is 171. The third-order valence-corrected chi connectivity index (χ3v) is 3.16. The van der Waals surface area contributed by atoms with Crippen molar-refractivity contribution in [2.75, 3.05) is 19.7 Å². The average molecular weight is 167 g/mol. The van der Waals surface area contributed by atoms with Crippen molar-refractivity contribution in [3.05, 3.63) is 12.2 Å². The fourth-order valence-corrected chi connectivity index (χ4v) is 2.25. The molecule has 2 heteroatoms. The van der Waals surface area contributed by atoms with E-state index < -0.39 is 0 Å². The van der Waals surface area contributed by atoms with Gasteiger partial charge >= 0.3 is 0 Å². The summed E-state index contributed by atoms with van der Waals surface area (Å²) in [6.45, 7) is 2.39. The molecule has 0 radical (unpaired) electrons. The van der Waals surface area contributed by atoms with Gasteiger partial charge in [-0.1, -0.05) is 12.2 Å². The number of nitrogens with one attached hydrogen (secondary N) is 1. The van der Waals surface area contributed by atoms with E-state index in [1.54, 1.807) is 0 Å². The maximum absolute atomic E-state index is 9.24. The summed E-state index contributed by atoms with van der Waals surface area (Å²) in [4.78, 5) is 0. The zero-order chi connectivity index (χ0) is 8.44. The molecule has 1 aliphatic heterocycles. The van der Waals surface area contributed by atoms with Gasteiger partial charge in [0.25, 0.3) is 0 Å². The van der Waals surface area contributed by atoms with Gasteiger partial charge in [0, 0.05) is 18.5 Å². The van der Waals surface area contributed by atoms with Crippen molar-refractivity contribution in [2.24, 2.45) is 11.3 Å². The molecule has 12 heavy (non-hydrogen) atoms. The summed E-state index contributed by atoms with van der Waals surface area (Å²) in [6.07, 6.45) is 8.18. The van der Waals surface area contributed by atoms with Gasteiger partial charge < -0.3 is 10.4 Å². The van der Waals surface area contributed by atoms with E-state index in [0.29, 0.717) is 6.61 Å². The van der Waals surface area contributed by atoms with Crippen LogP contribution in [-0.4, -0.2) is 24.8 Å². The van der Waals surface area contributed by atoms with Crippen LogP contribution in [0, 0.1) is 11.3 Å². The van der Waals surface area contributed by atoms with Crippen molar-refractivity contribution in [1.29, 1.82) is 0 Å². The first-order chi connectivity index (χ1) is 5.85. The number of hydrogen-bond acceptors (Lipinski definition) is 2. The summed E-state index contributed by atoms with van der Waals surface area (Å²) in [7, 11) is 0. The van der Waals surface area contributed by atoms with Gasteiger partial charge in [0.05, 0.1) is 6.61 Å². The van der Waals surface area contributed by atoms with Crippen LogP contribution in [0.1, 0.15) is 19.3 Å². The van der Waals surface area contributed by atoms with E-state index in [9.17, 15) is 5.11 Å². The molecule has 0 atom stereocenters. The summed E-state index contributed by atoms with van der Waals surface area (Å²) < 4.78 is 0. The molecule has 68 valence electrons. The number of aliphatic hydroxyl groups excluding tert-OH is 1. The normalized spacial score (nSPS) is 27.4. The zero-order valence-electron chi connectivity index (χ0n) is 7.42. The third kappa shape index (κ3) is 1.41. The van der Waals surface area contributed by atoms with Gasteiger partial charge in [-0.25, -0.2) is 0 Å². The zero-order valence-corrected chi connectivity index (χ0v) is 7.42. The molecule has 0 saturated carbocycles. The summed E-state index contributed by atoms with van der Waals surface area (Å²) in [6, 6.07) is 0. The minimum Gasteiger partial charge on any atom is -0.396 e. The standard InChI is InChI=1S/C10H17NO/c12-8-10(6-11-7-10)5-9-3-1-2-4-9/h1-2,9,11-12H,3-8H2. The topological polar surface area (TPSA) is 32.3 Å². The molecule has 1 fully saturated rings. The molecule has 0 aromatic rings. The SMILES string of the molecule is OCC1(CC2CC=CC2)CNC1. The Balaban J connectivity index is 1.84. The Morgan fingerprint density at radius 2 is 2.00 bits per heavy atom. The molecular weight excluding hydrogens is 150 g/mol. The van der Waals surface area contributed by atoms with Gasteiger partial charge in [-0.2, -0.15) is 0 Å². The van der Waals surface area contributed by atoms with Gasteiger partial charge in [0.15, 0.2) is 0 Å². The molecule has 2 N–H and O–H groups in total. The second kappa shape index (κ2) is 3.19. The smallest absolute Gasteiger partial charge is 0.0511 e. The van der Waals surface area contributed by atoms with E-state index in [1.165, 1.54) is 19.3 Å². The van der Waals surface area contributed by atoms with Crippen molar-refractivity contribution in [3.8, 4) is 0 Å². The molecule has 0 aromatic carbocycles. The molecule has 1 saturated heterocycles. The van der Waals surface area contributed by atoms with E-state index in [4.69, 9.17) is 0 Å². The molecule has 2 nitrogen and oxygen atoms in total. The fraction of sp³-hybridized carbons (Fsp3) is 0.800. The predicted octanol–water partition coefficient (Wildman–Crippen LogP) is 0.925. The largest absolute Gasteiger partial charge is 0.396 e. The first-order valence-corrected chi connectivity index (χ1v) is 4.81. The highest BCUT2D eigenvalue weighted by Crippen LogP contribution is 2.35. The first kappa shape index (κ1) is 8.27. The highest BCUT2D eigenvalue weighted by atomic mass is 16.3. The van der Waals surface area contributed by atoms with Gasteiger partial charge in [-0.3, -0.25) is 0 Å². The summed E-state index contributed by atoms with van der Waals surface area (Å²) in [5, 5.41) is 12.5. The number of hydrogen-bond donors (Lipinski definition) is 2. The van der Waals surface area contributed by atoms with Crippen molar-refractivity contribution in [1.82, 2.24) is 5.32 Å². The Morgan fingerprint density at radius 3 is 2.42 bits per heavy atom. The minimum atomic E-state index is 0.233. The second-order valence-corrected chi connectivity index (χ2v) is 4.27. The second-order valence-electron chi connectivity index (χ2n) is 4.27. The van der Waals surface area contributed by atoms with Crippen LogP contribution < -0.4 is 5.32 Å². The van der Waals surface area contributed by atoms with Crippen LogP contribution in [0.25, 0.3) is 0 Å². The minimum absolute atomic E-state index is 0.233. The molecular formula is C10H17NO. The molecule has 2 rings (SSSR count). The molecule has 0 spiro atoms. The Hall–Kier alpha value is -0.340. The number of rotatable bonds is 3. The lowest BCUT2D eigenvalue weighted by Gasteiger charge is -2.43. The quantitative estimate of drug-likeness (QED) is 0.613. The predicted molar refractivity (Wildman–Crippen MR) is 48.9 cm³/mol. The van der Waals surface area contributed by atoms with Crippen LogP contribution in [0.4, 0.5) is 0 Å². The molecule has 0 bridgehead atoms. The molecule has 0 amide bonds. The molecule has 1 aliphatic carbocycles. The lowest BCUT2D eigenvalue weighted by atomic mass is 9.74. The molecule has 0 aromatic heterocycles. The van der Waals surface area contributed by atoms with Crippen molar-refractivity contribution >= 4 is 0 Å². The molecule has 1 heterocycles. The Morgan fingerprint density at radius 1 is 1.33 bits per heavy atom. The highest BCUT2D eigenvalue weighted by molar-refractivity contribution is 5.00. The van der Waals surface area contributed by atoms with Crippen LogP contribution >= 0.6 is 0 Å². The van der Waals surface area contributed by atoms with Gasteiger partial charge in [0.2, 0.25) is 0 Å². The Labute approximate surface area is 73.7 Å². The maximum Gasteiger partial charge on any atom is 0.0511 e. The number of aliphatic hydroxyl groups is 1. The summed E-state index contributed by atoms with van der Waals surface area (Å²) >= 11 is 0. The van der Waals surface area contributed by atoms with E-state index in [1.807, 2.05) is 0 Å². The van der Waals surface area contributed by atoms with E-state index in [2.05, 4.69) is 17.5 Å². The van der Waals surface area contributed by atoms with Crippen LogP contribution in [0.15, 0.2) is 12.2 Å². The van der Waals surface area contributed by atoms with E-state index in [0.717, 1.165) is 19.0 Å². The van der Waals surface area contributed by atoms with E-state index in [-0.39, 0.29) is 5.41 Å². The lowest BCUT2D eigenvalue weighted by Crippen LogP contribution is -2.56. The molecule has 2 aliphatic rings. The van der Waals surface area contributed by atoms with Crippen molar-refractivity contribution < 1.29 is 5.11 Å². The van der Waals surface area contributed by atoms with Gasteiger partial charge in [-0.05, 0) is 25.2 Å². The van der Waals surface area contributed by atoms with Crippen molar-refractivity contribution in [2.45, 2.75) is 19.3 Å². The Kier molecular flexibility index (Phi) is 2.20. The number of allylic oxidation sites excluding steroid dienone is 2. The van der Waals surface area contributed by atoms with Crippen LogP contribution in [0.2, 0.25) is 0 Å². The van der Waals surface area contributed by atoms with Gasteiger partial charge in [-0.15, -0.1) is 0 Å². The first-order valence-electron chi connectivity index (χ1n) is 4.81. The average Bonchev–Trinajstić information content (AvgIpc) is 2.49. The fourth-order valence-electron chi connectivity index (χ4n) is 2.25. The van der Waals surface area contributed by atoms with Crippen LogP contribution in [-0.2, 0) is 0 Å². The van der Waals surface area contributed by atoms with Gasteiger partial charge in [0.1, 0.15) is 0 Å². The maximum atomic E-state index is 9.24. The lowest BCUT2D eigenvalue weighted by molar-refractivity contribution is 0.0447. The summed E-state index contributed by atoms with van der Waals surface area (Å²) in [5.74, 6) is 0.805. The monoisotopic (exact) mass is 167 g/mol. The van der Waals surface area contributed by atoms with Crippen LogP contribution in [0.3, 0.4) is 0 Å². The third-order valence-electron chi connectivity index (χ3n) is 3.16. The highest BCUT2D eigenvalue weighted by Gasteiger charge is 2.38.